The van der Waals surface area contributed by atoms with Gasteiger partial charge in [-0.25, -0.2) is 9.97 Å². The lowest BCUT2D eigenvalue weighted by atomic mass is 10.1. The minimum absolute atomic E-state index is 0.292. The number of aryl methyl sites for hydroxylation is 1. The van der Waals surface area contributed by atoms with Crippen LogP contribution in [0, 0.1) is 12.8 Å². The summed E-state index contributed by atoms with van der Waals surface area (Å²) in [5, 5.41) is 6.53. The van der Waals surface area contributed by atoms with Crippen LogP contribution >= 0.6 is 11.6 Å². The summed E-state index contributed by atoms with van der Waals surface area (Å²) in [6, 6.07) is 6.97. The van der Waals surface area contributed by atoms with Crippen molar-refractivity contribution in [2.45, 2.75) is 27.2 Å². The van der Waals surface area contributed by atoms with E-state index in [9.17, 15) is 4.79 Å². The fourth-order valence-corrected chi connectivity index (χ4v) is 2.09. The van der Waals surface area contributed by atoms with Gasteiger partial charge in [0.1, 0.15) is 5.69 Å². The Balaban J connectivity index is 2.02. The second-order valence-corrected chi connectivity index (χ2v) is 6.20. The molecular weight excluding hydrogens is 312 g/mol. The Labute approximate surface area is 141 Å². The summed E-state index contributed by atoms with van der Waals surface area (Å²) in [6.45, 7) is 6.99. The van der Waals surface area contributed by atoms with Crippen LogP contribution in [0.3, 0.4) is 0 Å². The monoisotopic (exact) mass is 332 g/mol. The number of aromatic nitrogens is 2. The van der Waals surface area contributed by atoms with Crippen molar-refractivity contribution in [2.75, 3.05) is 17.2 Å². The van der Waals surface area contributed by atoms with E-state index in [2.05, 4.69) is 34.4 Å². The minimum Gasteiger partial charge on any atom is -0.354 e. The van der Waals surface area contributed by atoms with Gasteiger partial charge >= 0.3 is 0 Å². The van der Waals surface area contributed by atoms with E-state index in [1.165, 1.54) is 0 Å². The standard InChI is InChI=1S/C17H21ClN4O/c1-11(2)6-8-19-17-20-9-7-15(22-17)16(23)21-13-5-4-12(3)14(18)10-13/h4-5,7,9-11H,6,8H2,1-3H3,(H,21,23)(H,19,20,22). The predicted octanol–water partition coefficient (Wildman–Crippen LogP) is 4.15. The quantitative estimate of drug-likeness (QED) is 0.834. The van der Waals surface area contributed by atoms with Crippen LogP contribution in [-0.4, -0.2) is 22.4 Å². The van der Waals surface area contributed by atoms with Crippen LogP contribution in [0.5, 0.6) is 0 Å². The van der Waals surface area contributed by atoms with Crippen LogP contribution in [-0.2, 0) is 0 Å². The highest BCUT2D eigenvalue weighted by atomic mass is 35.5. The fraction of sp³-hybridized carbons (Fsp3) is 0.353. The number of anilines is 2. The third-order valence-electron chi connectivity index (χ3n) is 3.32. The molecule has 0 aliphatic heterocycles. The van der Waals surface area contributed by atoms with Gasteiger partial charge in [-0.15, -0.1) is 0 Å². The van der Waals surface area contributed by atoms with Gasteiger partial charge in [0.15, 0.2) is 0 Å². The van der Waals surface area contributed by atoms with Gasteiger partial charge in [-0.1, -0.05) is 31.5 Å². The highest BCUT2D eigenvalue weighted by molar-refractivity contribution is 6.31. The summed E-state index contributed by atoms with van der Waals surface area (Å²) in [7, 11) is 0. The minimum atomic E-state index is -0.292. The number of amides is 1. The maximum Gasteiger partial charge on any atom is 0.274 e. The van der Waals surface area contributed by atoms with Gasteiger partial charge in [0.2, 0.25) is 5.95 Å². The molecule has 0 fully saturated rings. The van der Waals surface area contributed by atoms with Gasteiger partial charge in [0.25, 0.3) is 5.91 Å². The molecule has 122 valence electrons. The highest BCUT2D eigenvalue weighted by Gasteiger charge is 2.10. The molecule has 0 saturated heterocycles. The molecule has 0 radical (unpaired) electrons. The lowest BCUT2D eigenvalue weighted by molar-refractivity contribution is 0.102. The summed E-state index contributed by atoms with van der Waals surface area (Å²) < 4.78 is 0. The first-order valence-corrected chi connectivity index (χ1v) is 7.98. The van der Waals surface area contributed by atoms with Gasteiger partial charge in [-0.05, 0) is 43.0 Å². The molecule has 0 aliphatic carbocycles. The van der Waals surface area contributed by atoms with E-state index in [4.69, 9.17) is 11.6 Å². The average Bonchev–Trinajstić information content (AvgIpc) is 2.51. The van der Waals surface area contributed by atoms with Crippen LogP contribution in [0.2, 0.25) is 5.02 Å². The smallest absolute Gasteiger partial charge is 0.274 e. The summed E-state index contributed by atoms with van der Waals surface area (Å²) in [6.07, 6.45) is 2.59. The van der Waals surface area contributed by atoms with Crippen molar-refractivity contribution in [3.8, 4) is 0 Å². The maximum atomic E-state index is 12.3. The number of nitrogens with one attached hydrogen (secondary N) is 2. The molecule has 0 spiro atoms. The number of halogens is 1. The largest absolute Gasteiger partial charge is 0.354 e. The van der Waals surface area contributed by atoms with E-state index in [1.807, 2.05) is 19.1 Å². The van der Waals surface area contributed by atoms with E-state index >= 15 is 0 Å². The number of hydrogen-bond donors (Lipinski definition) is 2. The summed E-state index contributed by atoms with van der Waals surface area (Å²) >= 11 is 6.06. The lowest BCUT2D eigenvalue weighted by Gasteiger charge is -2.09. The van der Waals surface area contributed by atoms with E-state index in [0.717, 1.165) is 18.5 Å². The topological polar surface area (TPSA) is 66.9 Å². The molecule has 5 nitrogen and oxygen atoms in total. The molecular formula is C17H21ClN4O. The van der Waals surface area contributed by atoms with Gasteiger partial charge in [-0.2, -0.15) is 0 Å². The van der Waals surface area contributed by atoms with E-state index in [-0.39, 0.29) is 5.91 Å². The van der Waals surface area contributed by atoms with Gasteiger partial charge < -0.3 is 10.6 Å². The first-order chi connectivity index (χ1) is 11.0. The van der Waals surface area contributed by atoms with Crippen molar-refractivity contribution in [1.82, 2.24) is 9.97 Å². The van der Waals surface area contributed by atoms with Crippen molar-refractivity contribution in [3.05, 3.63) is 46.7 Å². The SMILES string of the molecule is Cc1ccc(NC(=O)c2ccnc(NCCC(C)C)n2)cc1Cl. The van der Waals surface area contributed by atoms with Crippen molar-refractivity contribution >= 4 is 29.1 Å². The van der Waals surface area contributed by atoms with Crippen LogP contribution < -0.4 is 10.6 Å². The molecule has 0 unspecified atom stereocenters. The molecule has 2 rings (SSSR count). The van der Waals surface area contributed by atoms with Crippen LogP contribution in [0.25, 0.3) is 0 Å². The normalized spacial score (nSPS) is 10.7. The number of rotatable bonds is 6. The Morgan fingerprint density at radius 2 is 2.09 bits per heavy atom. The van der Waals surface area contributed by atoms with Gasteiger partial charge in [-0.3, -0.25) is 4.79 Å². The Morgan fingerprint density at radius 1 is 1.30 bits per heavy atom. The molecule has 0 bridgehead atoms. The molecule has 1 aromatic carbocycles. The summed E-state index contributed by atoms with van der Waals surface area (Å²) in [4.78, 5) is 20.6. The third-order valence-corrected chi connectivity index (χ3v) is 3.73. The highest BCUT2D eigenvalue weighted by Crippen LogP contribution is 2.20. The van der Waals surface area contributed by atoms with E-state index in [1.54, 1.807) is 18.3 Å². The zero-order valence-corrected chi connectivity index (χ0v) is 14.3. The van der Waals surface area contributed by atoms with Crippen molar-refractivity contribution < 1.29 is 4.79 Å². The molecule has 0 saturated carbocycles. The number of carbonyl (C=O) groups excluding carboxylic acids is 1. The first-order valence-electron chi connectivity index (χ1n) is 7.60. The molecule has 2 N–H and O–H groups in total. The van der Waals surface area contributed by atoms with Crippen LogP contribution in [0.1, 0.15) is 36.3 Å². The second kappa shape index (κ2) is 7.92. The van der Waals surface area contributed by atoms with Crippen molar-refractivity contribution in [3.63, 3.8) is 0 Å². The van der Waals surface area contributed by atoms with Gasteiger partial charge in [0, 0.05) is 23.5 Å². The first kappa shape index (κ1) is 17.2. The molecule has 1 heterocycles. The maximum absolute atomic E-state index is 12.3. The second-order valence-electron chi connectivity index (χ2n) is 5.79. The molecule has 0 aliphatic rings. The number of carbonyl (C=O) groups is 1. The molecule has 1 aromatic heterocycles. The fourth-order valence-electron chi connectivity index (χ4n) is 1.91. The summed E-state index contributed by atoms with van der Waals surface area (Å²) in [5.74, 6) is 0.764. The molecule has 23 heavy (non-hydrogen) atoms. The number of benzene rings is 1. The summed E-state index contributed by atoms with van der Waals surface area (Å²) in [5.41, 5.74) is 1.91. The number of hydrogen-bond acceptors (Lipinski definition) is 4. The Hall–Kier alpha value is -2.14. The average molecular weight is 333 g/mol. The van der Waals surface area contributed by atoms with Crippen molar-refractivity contribution in [2.24, 2.45) is 5.92 Å². The Bertz CT molecular complexity index is 688. The van der Waals surface area contributed by atoms with Crippen LogP contribution in [0.15, 0.2) is 30.5 Å². The van der Waals surface area contributed by atoms with Gasteiger partial charge in [0.05, 0.1) is 0 Å². The molecule has 6 heteroatoms. The molecule has 0 atom stereocenters. The predicted molar refractivity (Wildman–Crippen MR) is 94.1 cm³/mol. The molecule has 2 aromatic rings. The zero-order valence-electron chi connectivity index (χ0n) is 13.6. The third kappa shape index (κ3) is 5.21. The van der Waals surface area contributed by atoms with E-state index in [0.29, 0.717) is 28.3 Å². The Morgan fingerprint density at radius 3 is 2.78 bits per heavy atom. The lowest BCUT2D eigenvalue weighted by Crippen LogP contribution is -2.16. The van der Waals surface area contributed by atoms with Crippen molar-refractivity contribution in [1.29, 1.82) is 0 Å². The van der Waals surface area contributed by atoms with E-state index < -0.39 is 0 Å². The van der Waals surface area contributed by atoms with Crippen LogP contribution in [0.4, 0.5) is 11.6 Å². The number of nitrogens with zero attached hydrogens (tertiary/aromatic N) is 2. The Kier molecular flexibility index (Phi) is 5.93. The zero-order chi connectivity index (χ0) is 16.8. The molecule has 1 amide bonds.